The van der Waals surface area contributed by atoms with E-state index >= 15 is 0 Å². The molecule has 0 amide bonds. The molecule has 0 saturated heterocycles. The van der Waals surface area contributed by atoms with Crippen LogP contribution in [0, 0.1) is 0 Å². The molecule has 0 spiro atoms. The maximum Gasteiger partial charge on any atom is 0.472 e. The number of allylic oxidation sites excluding steroid dienone is 4. The van der Waals surface area contributed by atoms with Gasteiger partial charge in [-0.3, -0.25) is 23.4 Å². The second kappa shape index (κ2) is 33.6. The third-order valence-electron chi connectivity index (χ3n) is 7.82. The molecule has 0 bridgehead atoms. The molecule has 1 unspecified atom stereocenters. The number of rotatable bonds is 35. The number of esters is 2. The molecule has 280 valence electrons. The van der Waals surface area contributed by atoms with E-state index in [1.165, 1.54) is 51.4 Å². The largest absolute Gasteiger partial charge is 0.472 e. The molecule has 0 aromatic rings. The molecule has 0 saturated carbocycles. The third kappa shape index (κ3) is 32.7. The van der Waals surface area contributed by atoms with Gasteiger partial charge in [-0.25, -0.2) is 4.57 Å². The van der Waals surface area contributed by atoms with Crippen LogP contribution in [0.25, 0.3) is 0 Å². The van der Waals surface area contributed by atoms with Gasteiger partial charge in [-0.15, -0.1) is 0 Å². The first-order valence-corrected chi connectivity index (χ1v) is 20.3. The average Bonchev–Trinajstić information content (AvgIpc) is 3.06. The highest BCUT2D eigenvalue weighted by atomic mass is 31.2. The lowest BCUT2D eigenvalue weighted by Crippen LogP contribution is -2.29. The Hall–Kier alpha value is -1.84. The van der Waals surface area contributed by atoms with Gasteiger partial charge in [-0.05, 0) is 38.2 Å². The van der Waals surface area contributed by atoms with Gasteiger partial charge in [0.25, 0.3) is 0 Å². The number of hydrogen-bond donors (Lipinski definition) is 2. The van der Waals surface area contributed by atoms with Gasteiger partial charge < -0.3 is 20.1 Å². The second-order valence-corrected chi connectivity index (χ2v) is 13.9. The molecule has 0 aliphatic heterocycles. The van der Waals surface area contributed by atoms with Crippen LogP contribution in [0.15, 0.2) is 24.3 Å². The molecule has 10 nitrogen and oxygen atoms in total. The van der Waals surface area contributed by atoms with Crippen LogP contribution < -0.4 is 5.73 Å². The number of nitrogens with two attached hydrogens (primary N) is 1. The van der Waals surface area contributed by atoms with E-state index in [2.05, 4.69) is 19.9 Å². The number of phosphoric acid groups is 1. The predicted molar refractivity (Wildman–Crippen MR) is 192 cm³/mol. The second-order valence-electron chi connectivity index (χ2n) is 12.5. The van der Waals surface area contributed by atoms with Gasteiger partial charge in [0.1, 0.15) is 6.61 Å². The van der Waals surface area contributed by atoms with E-state index in [4.69, 9.17) is 24.3 Å². The molecule has 0 fully saturated rings. The quantitative estimate of drug-likeness (QED) is 0.0215. The fourth-order valence-corrected chi connectivity index (χ4v) is 5.73. The van der Waals surface area contributed by atoms with Crippen LogP contribution in [0.5, 0.6) is 0 Å². The Morgan fingerprint density at radius 2 is 1.19 bits per heavy atom. The standard InChI is InChI=1S/C37H68NO9P/c1-3-5-7-8-9-10-11-14-17-20-24-28-36(40)44-32-35(33-46-48(42,43)45-31-30-38)47-37(41)29-25-21-18-15-12-13-16-19-23-27-34(39)26-22-6-4-2/h16,19,23,27,35H,3-15,17-18,20-22,24-26,28-33,38H2,1-2H3,(H,42,43)/b19-16-,27-23+/t35-/m1/s1. The maximum atomic E-state index is 12.5. The van der Waals surface area contributed by atoms with Crippen molar-refractivity contribution in [3.63, 3.8) is 0 Å². The number of carbonyl (C=O) groups is 3. The molecule has 48 heavy (non-hydrogen) atoms. The van der Waals surface area contributed by atoms with E-state index < -0.39 is 32.5 Å². The predicted octanol–water partition coefficient (Wildman–Crippen LogP) is 9.23. The Bertz CT molecular complexity index is 909. The monoisotopic (exact) mass is 701 g/mol. The van der Waals surface area contributed by atoms with Gasteiger partial charge in [-0.1, -0.05) is 128 Å². The minimum Gasteiger partial charge on any atom is -0.462 e. The Balaban J connectivity index is 4.30. The van der Waals surface area contributed by atoms with Gasteiger partial charge in [0.2, 0.25) is 0 Å². The van der Waals surface area contributed by atoms with Crippen molar-refractivity contribution in [3.05, 3.63) is 24.3 Å². The molecule has 0 heterocycles. The summed E-state index contributed by atoms with van der Waals surface area (Å²) in [6.45, 7) is 3.50. The molecule has 0 aliphatic carbocycles. The first-order chi connectivity index (χ1) is 23.2. The van der Waals surface area contributed by atoms with Gasteiger partial charge in [0.15, 0.2) is 11.9 Å². The summed E-state index contributed by atoms with van der Waals surface area (Å²) < 4.78 is 32.5. The van der Waals surface area contributed by atoms with Crippen molar-refractivity contribution >= 4 is 25.5 Å². The van der Waals surface area contributed by atoms with Crippen LogP contribution >= 0.6 is 7.82 Å². The average molecular weight is 702 g/mol. The van der Waals surface area contributed by atoms with Crippen LogP contribution in [-0.4, -0.2) is 55.1 Å². The minimum absolute atomic E-state index is 0.0401. The van der Waals surface area contributed by atoms with Crippen LogP contribution in [-0.2, 0) is 37.5 Å². The number of carbonyl (C=O) groups excluding carboxylic acids is 3. The van der Waals surface area contributed by atoms with Crippen molar-refractivity contribution in [1.82, 2.24) is 0 Å². The lowest BCUT2D eigenvalue weighted by molar-refractivity contribution is -0.161. The molecule has 3 N–H and O–H groups in total. The number of hydrogen-bond acceptors (Lipinski definition) is 9. The fourth-order valence-electron chi connectivity index (χ4n) is 4.97. The van der Waals surface area contributed by atoms with Crippen molar-refractivity contribution in [1.29, 1.82) is 0 Å². The summed E-state index contributed by atoms with van der Waals surface area (Å²) in [7, 11) is -4.39. The van der Waals surface area contributed by atoms with Crippen molar-refractivity contribution < 1.29 is 42.4 Å². The Morgan fingerprint density at radius 3 is 1.79 bits per heavy atom. The smallest absolute Gasteiger partial charge is 0.462 e. The Morgan fingerprint density at radius 1 is 0.667 bits per heavy atom. The van der Waals surface area contributed by atoms with Gasteiger partial charge in [-0.2, -0.15) is 0 Å². The van der Waals surface area contributed by atoms with Crippen LogP contribution in [0.1, 0.15) is 162 Å². The highest BCUT2D eigenvalue weighted by Crippen LogP contribution is 2.43. The molecule has 11 heteroatoms. The third-order valence-corrected chi connectivity index (χ3v) is 8.80. The maximum absolute atomic E-state index is 12.5. The van der Waals surface area contributed by atoms with E-state index in [1.807, 2.05) is 12.2 Å². The zero-order valence-corrected chi connectivity index (χ0v) is 31.1. The SMILES string of the molecule is CCCCCCCCCCCCCC(=O)OC[C@H](COP(=O)(O)OCCN)OC(=O)CCCCCCC/C=C\C=C\C(=O)CCCCC. The normalized spacial score (nSPS) is 13.6. The van der Waals surface area contributed by atoms with Gasteiger partial charge in [0.05, 0.1) is 13.2 Å². The van der Waals surface area contributed by atoms with Crippen molar-refractivity contribution in [2.45, 2.75) is 168 Å². The van der Waals surface area contributed by atoms with Crippen molar-refractivity contribution in [3.8, 4) is 0 Å². The Kier molecular flexibility index (Phi) is 32.4. The summed E-state index contributed by atoms with van der Waals surface area (Å²) in [5.41, 5.74) is 5.32. The number of unbranched alkanes of at least 4 members (excludes halogenated alkanes) is 17. The first kappa shape index (κ1) is 46.2. The molecule has 0 radical (unpaired) electrons. The van der Waals surface area contributed by atoms with E-state index in [0.717, 1.165) is 70.6 Å². The molecular weight excluding hydrogens is 633 g/mol. The molecule has 0 aromatic carbocycles. The Labute approximate surface area is 291 Å². The minimum atomic E-state index is -4.39. The molecular formula is C37H68NO9P. The summed E-state index contributed by atoms with van der Waals surface area (Å²) in [4.78, 5) is 46.4. The number of ether oxygens (including phenoxy) is 2. The highest BCUT2D eigenvalue weighted by Gasteiger charge is 2.25. The van der Waals surface area contributed by atoms with E-state index in [0.29, 0.717) is 12.8 Å². The highest BCUT2D eigenvalue weighted by molar-refractivity contribution is 7.47. The van der Waals surface area contributed by atoms with Crippen molar-refractivity contribution in [2.75, 3.05) is 26.4 Å². The van der Waals surface area contributed by atoms with Crippen LogP contribution in [0.2, 0.25) is 0 Å². The summed E-state index contributed by atoms with van der Waals surface area (Å²) in [6.07, 6.45) is 29.0. The van der Waals surface area contributed by atoms with Gasteiger partial charge >= 0.3 is 19.8 Å². The lowest BCUT2D eigenvalue weighted by Gasteiger charge is -2.19. The summed E-state index contributed by atoms with van der Waals surface area (Å²) >= 11 is 0. The topological polar surface area (TPSA) is 151 Å². The molecule has 2 atom stereocenters. The van der Waals surface area contributed by atoms with E-state index in [9.17, 15) is 23.8 Å². The summed E-state index contributed by atoms with van der Waals surface area (Å²) in [6, 6.07) is 0. The first-order valence-electron chi connectivity index (χ1n) is 18.8. The lowest BCUT2D eigenvalue weighted by atomic mass is 10.1. The van der Waals surface area contributed by atoms with Crippen molar-refractivity contribution in [2.24, 2.45) is 5.73 Å². The fraction of sp³-hybridized carbons (Fsp3) is 0.811. The van der Waals surface area contributed by atoms with E-state index in [-0.39, 0.29) is 38.4 Å². The van der Waals surface area contributed by atoms with E-state index in [1.54, 1.807) is 6.08 Å². The molecule has 0 rings (SSSR count). The zero-order chi connectivity index (χ0) is 35.6. The number of ketones is 1. The summed E-state index contributed by atoms with van der Waals surface area (Å²) in [5, 5.41) is 0. The molecule has 0 aromatic heterocycles. The summed E-state index contributed by atoms with van der Waals surface area (Å²) in [5.74, 6) is -0.717. The van der Waals surface area contributed by atoms with Crippen LogP contribution in [0.4, 0.5) is 0 Å². The van der Waals surface area contributed by atoms with Crippen LogP contribution in [0.3, 0.4) is 0 Å². The zero-order valence-electron chi connectivity index (χ0n) is 30.2. The molecule has 0 aliphatic rings. The van der Waals surface area contributed by atoms with Gasteiger partial charge in [0, 0.05) is 25.8 Å². The number of phosphoric ester groups is 1.